The molecule has 2 aliphatic rings. The van der Waals surface area contributed by atoms with Crippen LogP contribution < -0.4 is 0 Å². The van der Waals surface area contributed by atoms with Crippen LogP contribution in [0.15, 0.2) is 0 Å². The minimum Gasteiger partial charge on any atom is -0.481 e. The molecule has 92 valence electrons. The quantitative estimate of drug-likeness (QED) is 0.783. The molecule has 4 nitrogen and oxygen atoms in total. The zero-order chi connectivity index (χ0) is 11.7. The number of nitrogens with zero attached hydrogens (tertiary/aromatic N) is 1. The highest BCUT2D eigenvalue weighted by atomic mass is 16.5. The van der Waals surface area contributed by atoms with Crippen LogP contribution in [0.25, 0.3) is 0 Å². The highest BCUT2D eigenvalue weighted by Gasteiger charge is 2.38. The molecule has 4 unspecified atom stereocenters. The normalized spacial score (nSPS) is 37.8. The largest absolute Gasteiger partial charge is 0.481 e. The number of carboxylic acids is 1. The maximum atomic E-state index is 11.1. The van der Waals surface area contributed by atoms with Crippen molar-refractivity contribution in [2.75, 3.05) is 26.3 Å². The van der Waals surface area contributed by atoms with E-state index in [2.05, 4.69) is 11.8 Å². The van der Waals surface area contributed by atoms with Crippen molar-refractivity contribution in [2.45, 2.75) is 26.3 Å². The lowest BCUT2D eigenvalue weighted by Crippen LogP contribution is -2.37. The van der Waals surface area contributed by atoms with Crippen molar-refractivity contribution in [1.29, 1.82) is 0 Å². The lowest BCUT2D eigenvalue weighted by molar-refractivity contribution is -0.142. The van der Waals surface area contributed by atoms with E-state index in [1.807, 2.05) is 6.92 Å². The number of carbonyl (C=O) groups is 1. The lowest BCUT2D eigenvalue weighted by atomic mass is 9.99. The van der Waals surface area contributed by atoms with Crippen LogP contribution in [0.5, 0.6) is 0 Å². The maximum absolute atomic E-state index is 11.1. The Bertz CT molecular complexity index is 263. The molecule has 4 heteroatoms. The highest BCUT2D eigenvalue weighted by Crippen LogP contribution is 2.29. The summed E-state index contributed by atoms with van der Waals surface area (Å²) in [5, 5.41) is 9.10. The van der Waals surface area contributed by atoms with Gasteiger partial charge in [0.1, 0.15) is 0 Å². The van der Waals surface area contributed by atoms with Crippen LogP contribution >= 0.6 is 0 Å². The fraction of sp³-hybridized carbons (Fsp3) is 0.917. The number of rotatable bonds is 3. The molecule has 2 heterocycles. The molecule has 0 spiro atoms. The summed E-state index contributed by atoms with van der Waals surface area (Å²) in [4.78, 5) is 13.4. The van der Waals surface area contributed by atoms with Gasteiger partial charge in [0.15, 0.2) is 0 Å². The van der Waals surface area contributed by atoms with Gasteiger partial charge in [-0.15, -0.1) is 0 Å². The summed E-state index contributed by atoms with van der Waals surface area (Å²) in [7, 11) is 0. The Labute approximate surface area is 96.6 Å². The highest BCUT2D eigenvalue weighted by molar-refractivity contribution is 5.71. The molecule has 16 heavy (non-hydrogen) atoms. The van der Waals surface area contributed by atoms with Crippen LogP contribution in [0.1, 0.15) is 20.3 Å². The third-order valence-corrected chi connectivity index (χ3v) is 4.18. The first-order valence-electron chi connectivity index (χ1n) is 6.14. The fourth-order valence-corrected chi connectivity index (χ4v) is 2.89. The van der Waals surface area contributed by atoms with Crippen molar-refractivity contribution in [1.82, 2.24) is 4.90 Å². The predicted molar refractivity (Wildman–Crippen MR) is 60.3 cm³/mol. The first-order chi connectivity index (χ1) is 7.59. The van der Waals surface area contributed by atoms with Crippen molar-refractivity contribution in [2.24, 2.45) is 17.8 Å². The summed E-state index contributed by atoms with van der Waals surface area (Å²) in [6.07, 6.45) is 1.11. The molecule has 2 saturated heterocycles. The minimum atomic E-state index is -0.648. The summed E-state index contributed by atoms with van der Waals surface area (Å²) in [6.45, 7) is 7.56. The van der Waals surface area contributed by atoms with Crippen LogP contribution in [0, 0.1) is 17.8 Å². The van der Waals surface area contributed by atoms with Crippen LogP contribution in [-0.2, 0) is 9.53 Å². The Kier molecular flexibility index (Phi) is 3.50. The third kappa shape index (κ3) is 2.23. The van der Waals surface area contributed by atoms with Gasteiger partial charge in [0.2, 0.25) is 0 Å². The third-order valence-electron chi connectivity index (χ3n) is 4.18. The SMILES string of the molecule is CC1CN(C(C)C2CCOC2)CC1C(=O)O. The summed E-state index contributed by atoms with van der Waals surface area (Å²) in [5.41, 5.74) is 0. The monoisotopic (exact) mass is 227 g/mol. The summed E-state index contributed by atoms with van der Waals surface area (Å²) >= 11 is 0. The first kappa shape index (κ1) is 11.9. The number of ether oxygens (including phenoxy) is 1. The summed E-state index contributed by atoms with van der Waals surface area (Å²) in [5.74, 6) is 0.0108. The number of hydrogen-bond acceptors (Lipinski definition) is 3. The first-order valence-corrected chi connectivity index (χ1v) is 6.14. The molecule has 0 bridgehead atoms. The Morgan fingerprint density at radius 2 is 2.25 bits per heavy atom. The number of hydrogen-bond donors (Lipinski definition) is 1. The number of aliphatic carboxylic acids is 1. The van der Waals surface area contributed by atoms with Crippen LogP contribution in [0.2, 0.25) is 0 Å². The molecule has 0 aromatic rings. The molecule has 0 aromatic carbocycles. The van der Waals surface area contributed by atoms with Gasteiger partial charge >= 0.3 is 5.97 Å². The number of carboxylic acid groups (broad SMARTS) is 1. The molecular weight excluding hydrogens is 206 g/mol. The zero-order valence-corrected chi connectivity index (χ0v) is 10.1. The van der Waals surface area contributed by atoms with Gasteiger partial charge in [-0.25, -0.2) is 0 Å². The van der Waals surface area contributed by atoms with Crippen LogP contribution in [-0.4, -0.2) is 48.3 Å². The van der Waals surface area contributed by atoms with E-state index in [4.69, 9.17) is 9.84 Å². The molecule has 2 aliphatic heterocycles. The van der Waals surface area contributed by atoms with Gasteiger partial charge in [-0.1, -0.05) is 6.92 Å². The van der Waals surface area contributed by atoms with Crippen molar-refractivity contribution in [3.8, 4) is 0 Å². The molecule has 0 saturated carbocycles. The second-order valence-electron chi connectivity index (χ2n) is 5.24. The fourth-order valence-electron chi connectivity index (χ4n) is 2.89. The average Bonchev–Trinajstić information content (AvgIpc) is 2.84. The maximum Gasteiger partial charge on any atom is 0.308 e. The summed E-state index contributed by atoms with van der Waals surface area (Å²) < 4.78 is 5.40. The van der Waals surface area contributed by atoms with E-state index < -0.39 is 5.97 Å². The molecule has 2 fully saturated rings. The Hall–Kier alpha value is -0.610. The molecule has 4 atom stereocenters. The Morgan fingerprint density at radius 3 is 2.75 bits per heavy atom. The van der Waals surface area contributed by atoms with E-state index in [1.54, 1.807) is 0 Å². The molecule has 0 amide bonds. The van der Waals surface area contributed by atoms with Gasteiger partial charge < -0.3 is 9.84 Å². The van der Waals surface area contributed by atoms with Gasteiger partial charge in [0.25, 0.3) is 0 Å². The van der Waals surface area contributed by atoms with E-state index in [0.717, 1.165) is 26.2 Å². The van der Waals surface area contributed by atoms with Gasteiger partial charge in [-0.3, -0.25) is 9.69 Å². The molecule has 2 rings (SSSR count). The Morgan fingerprint density at radius 1 is 1.50 bits per heavy atom. The Balaban J connectivity index is 1.93. The zero-order valence-electron chi connectivity index (χ0n) is 10.1. The molecule has 0 aliphatic carbocycles. The van der Waals surface area contributed by atoms with Gasteiger partial charge in [-0.2, -0.15) is 0 Å². The van der Waals surface area contributed by atoms with Crippen molar-refractivity contribution >= 4 is 5.97 Å². The average molecular weight is 227 g/mol. The van der Waals surface area contributed by atoms with Crippen LogP contribution in [0.3, 0.4) is 0 Å². The van der Waals surface area contributed by atoms with Crippen molar-refractivity contribution < 1.29 is 14.6 Å². The predicted octanol–water partition coefficient (Wildman–Crippen LogP) is 1.06. The van der Waals surface area contributed by atoms with Gasteiger partial charge in [0, 0.05) is 25.7 Å². The second-order valence-corrected chi connectivity index (χ2v) is 5.24. The van der Waals surface area contributed by atoms with E-state index in [1.165, 1.54) is 0 Å². The van der Waals surface area contributed by atoms with Gasteiger partial charge in [-0.05, 0) is 25.2 Å². The molecule has 0 aromatic heterocycles. The molecule has 1 N–H and O–H groups in total. The van der Waals surface area contributed by atoms with E-state index in [0.29, 0.717) is 18.5 Å². The second kappa shape index (κ2) is 4.72. The lowest BCUT2D eigenvalue weighted by Gasteiger charge is -2.28. The summed E-state index contributed by atoms with van der Waals surface area (Å²) in [6, 6.07) is 0.453. The van der Waals surface area contributed by atoms with E-state index in [-0.39, 0.29) is 11.8 Å². The molecular formula is C12H21NO3. The number of likely N-dealkylation sites (tertiary alicyclic amines) is 1. The topological polar surface area (TPSA) is 49.8 Å². The molecule has 0 radical (unpaired) electrons. The van der Waals surface area contributed by atoms with Gasteiger partial charge in [0.05, 0.1) is 12.5 Å². The van der Waals surface area contributed by atoms with E-state index in [9.17, 15) is 4.79 Å². The smallest absolute Gasteiger partial charge is 0.308 e. The minimum absolute atomic E-state index is 0.190. The van der Waals surface area contributed by atoms with E-state index >= 15 is 0 Å². The van der Waals surface area contributed by atoms with Crippen molar-refractivity contribution in [3.05, 3.63) is 0 Å². The van der Waals surface area contributed by atoms with Crippen molar-refractivity contribution in [3.63, 3.8) is 0 Å². The standard InChI is InChI=1S/C12H21NO3/c1-8-5-13(6-11(8)12(14)15)9(2)10-3-4-16-7-10/h8-11H,3-7H2,1-2H3,(H,14,15). The van der Waals surface area contributed by atoms with Crippen LogP contribution in [0.4, 0.5) is 0 Å².